The highest BCUT2D eigenvalue weighted by Gasteiger charge is 1.95. The molecular weight excluding hydrogens is 344 g/mol. The molecule has 0 bridgehead atoms. The van der Waals surface area contributed by atoms with E-state index < -0.39 is 0 Å². The summed E-state index contributed by atoms with van der Waals surface area (Å²) in [5.41, 5.74) is 0. The Hall–Kier alpha value is -0.0800. The van der Waals surface area contributed by atoms with Crippen molar-refractivity contribution in [2.75, 3.05) is 19.8 Å². The molecule has 1 N–H and O–H groups in total. The Morgan fingerprint density at radius 1 is 0.393 bits per heavy atom. The van der Waals surface area contributed by atoms with Crippen LogP contribution >= 0.6 is 0 Å². The van der Waals surface area contributed by atoms with Crippen LogP contribution < -0.4 is 0 Å². The quantitative estimate of drug-likeness (QED) is 0.156. The van der Waals surface area contributed by atoms with Gasteiger partial charge in [-0.25, -0.2) is 0 Å². The molecule has 0 fully saturated rings. The number of ether oxygens (including phenoxy) is 1. The van der Waals surface area contributed by atoms with E-state index in [0.717, 1.165) is 19.6 Å². The Kier molecular flexibility index (Phi) is 26.8. The Morgan fingerprint density at radius 2 is 0.679 bits per heavy atom. The molecule has 0 amide bonds. The lowest BCUT2D eigenvalue weighted by atomic mass is 10.1. The predicted molar refractivity (Wildman–Crippen MR) is 125 cm³/mol. The third kappa shape index (κ3) is 25.9. The van der Waals surface area contributed by atoms with Gasteiger partial charge >= 0.3 is 0 Å². The first-order valence-corrected chi connectivity index (χ1v) is 13.1. The summed E-state index contributed by atoms with van der Waals surface area (Å²) in [5.74, 6) is 0. The minimum atomic E-state index is 0.364. The summed E-state index contributed by atoms with van der Waals surface area (Å²) < 4.78 is 5.79. The van der Waals surface area contributed by atoms with Crippen LogP contribution in [-0.4, -0.2) is 24.9 Å². The molecule has 0 aliphatic heterocycles. The highest BCUT2D eigenvalue weighted by molar-refractivity contribution is 4.50. The fraction of sp³-hybridized carbons (Fsp3) is 1.00. The molecule has 0 radical (unpaired) electrons. The van der Waals surface area contributed by atoms with Crippen LogP contribution in [0.3, 0.4) is 0 Å². The van der Waals surface area contributed by atoms with Gasteiger partial charge in [0.25, 0.3) is 0 Å². The molecule has 0 aromatic carbocycles. The van der Waals surface area contributed by atoms with Gasteiger partial charge in [0.2, 0.25) is 0 Å². The second-order valence-corrected chi connectivity index (χ2v) is 8.76. The van der Waals surface area contributed by atoms with E-state index in [4.69, 9.17) is 9.84 Å². The first kappa shape index (κ1) is 27.9. The summed E-state index contributed by atoms with van der Waals surface area (Å²) in [7, 11) is 0. The average Bonchev–Trinajstić information content (AvgIpc) is 2.71. The summed E-state index contributed by atoms with van der Waals surface area (Å²) in [6.07, 6.45) is 29.9. The molecule has 0 unspecified atom stereocenters. The van der Waals surface area contributed by atoms with E-state index in [2.05, 4.69) is 6.92 Å². The molecule has 2 heteroatoms. The van der Waals surface area contributed by atoms with Crippen LogP contribution in [0.15, 0.2) is 0 Å². The molecule has 28 heavy (non-hydrogen) atoms. The first-order chi connectivity index (χ1) is 13.9. The highest BCUT2D eigenvalue weighted by atomic mass is 16.5. The molecule has 0 heterocycles. The Labute approximate surface area is 178 Å². The number of aliphatic hydroxyl groups excluding tert-OH is 1. The van der Waals surface area contributed by atoms with Crippen LogP contribution in [0.5, 0.6) is 0 Å². The molecule has 0 atom stereocenters. The smallest absolute Gasteiger partial charge is 0.0466 e. The lowest BCUT2D eigenvalue weighted by molar-refractivity contribution is 0.125. The molecule has 170 valence electrons. The van der Waals surface area contributed by atoms with Gasteiger partial charge < -0.3 is 9.84 Å². The zero-order valence-corrected chi connectivity index (χ0v) is 19.5. The fourth-order valence-electron chi connectivity index (χ4n) is 3.88. The maximum Gasteiger partial charge on any atom is 0.0466 e. The van der Waals surface area contributed by atoms with Crippen LogP contribution in [0.2, 0.25) is 0 Å². The zero-order valence-electron chi connectivity index (χ0n) is 19.5. The molecular formula is C26H54O2. The minimum absolute atomic E-state index is 0.364. The molecule has 0 aromatic heterocycles. The monoisotopic (exact) mass is 398 g/mol. The number of unbranched alkanes of at least 4 members (excludes halogenated alkanes) is 20. The van der Waals surface area contributed by atoms with Gasteiger partial charge in [0.15, 0.2) is 0 Å². The van der Waals surface area contributed by atoms with Gasteiger partial charge in [0.05, 0.1) is 0 Å². The Morgan fingerprint density at radius 3 is 1.00 bits per heavy atom. The van der Waals surface area contributed by atoms with Crippen LogP contribution in [0.1, 0.15) is 148 Å². The van der Waals surface area contributed by atoms with E-state index in [1.807, 2.05) is 0 Å². The largest absolute Gasteiger partial charge is 0.396 e. The summed E-state index contributed by atoms with van der Waals surface area (Å²) in [6.45, 7) is 4.61. The number of hydrogen-bond donors (Lipinski definition) is 1. The van der Waals surface area contributed by atoms with Crippen LogP contribution in [-0.2, 0) is 4.74 Å². The summed E-state index contributed by atoms with van der Waals surface area (Å²) in [4.78, 5) is 0. The van der Waals surface area contributed by atoms with Gasteiger partial charge in [-0.3, -0.25) is 0 Å². The molecule has 2 nitrogen and oxygen atoms in total. The fourth-order valence-corrected chi connectivity index (χ4v) is 3.88. The van der Waals surface area contributed by atoms with Crippen LogP contribution in [0, 0.1) is 0 Å². The van der Waals surface area contributed by atoms with Gasteiger partial charge in [0.1, 0.15) is 0 Å². The molecule has 0 aliphatic carbocycles. The van der Waals surface area contributed by atoms with Crippen LogP contribution in [0.4, 0.5) is 0 Å². The normalized spacial score (nSPS) is 11.4. The van der Waals surface area contributed by atoms with Gasteiger partial charge in [-0.15, -0.1) is 0 Å². The van der Waals surface area contributed by atoms with E-state index in [1.165, 1.54) is 135 Å². The Balaban J connectivity index is 2.96. The van der Waals surface area contributed by atoms with Crippen molar-refractivity contribution in [2.24, 2.45) is 0 Å². The third-order valence-corrected chi connectivity index (χ3v) is 5.84. The van der Waals surface area contributed by atoms with Crippen molar-refractivity contribution >= 4 is 0 Å². The van der Waals surface area contributed by atoms with E-state index in [1.54, 1.807) is 0 Å². The van der Waals surface area contributed by atoms with Gasteiger partial charge in [-0.1, -0.05) is 129 Å². The molecule has 0 saturated carbocycles. The third-order valence-electron chi connectivity index (χ3n) is 5.84. The van der Waals surface area contributed by atoms with Crippen molar-refractivity contribution in [1.29, 1.82) is 0 Å². The van der Waals surface area contributed by atoms with E-state index >= 15 is 0 Å². The lowest BCUT2D eigenvalue weighted by Crippen LogP contribution is -1.97. The molecule has 0 aromatic rings. The second-order valence-electron chi connectivity index (χ2n) is 8.76. The van der Waals surface area contributed by atoms with Crippen molar-refractivity contribution in [3.05, 3.63) is 0 Å². The Bertz CT molecular complexity index is 229. The average molecular weight is 399 g/mol. The van der Waals surface area contributed by atoms with E-state index in [-0.39, 0.29) is 0 Å². The topological polar surface area (TPSA) is 29.5 Å². The van der Waals surface area contributed by atoms with Crippen molar-refractivity contribution < 1.29 is 9.84 Å². The predicted octanol–water partition coefficient (Wildman–Crippen LogP) is 8.60. The minimum Gasteiger partial charge on any atom is -0.396 e. The van der Waals surface area contributed by atoms with Crippen molar-refractivity contribution in [3.8, 4) is 0 Å². The summed E-state index contributed by atoms with van der Waals surface area (Å²) >= 11 is 0. The molecule has 0 saturated heterocycles. The van der Waals surface area contributed by atoms with E-state index in [9.17, 15) is 0 Å². The van der Waals surface area contributed by atoms with Crippen LogP contribution in [0.25, 0.3) is 0 Å². The van der Waals surface area contributed by atoms with Crippen molar-refractivity contribution in [2.45, 2.75) is 148 Å². The SMILES string of the molecule is CCCCCCCCCCCCCOCCCCCCCCCCCCCO. The molecule has 0 spiro atoms. The van der Waals surface area contributed by atoms with Gasteiger partial charge in [-0.05, 0) is 19.3 Å². The van der Waals surface area contributed by atoms with E-state index in [0.29, 0.717) is 6.61 Å². The summed E-state index contributed by atoms with van der Waals surface area (Å²) in [6, 6.07) is 0. The number of rotatable bonds is 25. The summed E-state index contributed by atoms with van der Waals surface area (Å²) in [5, 5.41) is 8.73. The molecule has 0 aliphatic rings. The zero-order chi connectivity index (χ0) is 20.4. The molecule has 0 rings (SSSR count). The maximum absolute atomic E-state index is 8.73. The standard InChI is InChI=1S/C26H54O2/c1-2-3-4-5-6-7-10-13-16-19-22-25-28-26-23-20-17-14-11-8-9-12-15-18-21-24-27/h27H,2-26H2,1H3. The highest BCUT2D eigenvalue weighted by Crippen LogP contribution is 2.12. The first-order valence-electron chi connectivity index (χ1n) is 13.1. The van der Waals surface area contributed by atoms with Crippen molar-refractivity contribution in [3.63, 3.8) is 0 Å². The lowest BCUT2D eigenvalue weighted by Gasteiger charge is -2.05. The van der Waals surface area contributed by atoms with Crippen molar-refractivity contribution in [1.82, 2.24) is 0 Å². The maximum atomic E-state index is 8.73. The van der Waals surface area contributed by atoms with Gasteiger partial charge in [-0.2, -0.15) is 0 Å². The second kappa shape index (κ2) is 26.9. The van der Waals surface area contributed by atoms with Gasteiger partial charge in [0, 0.05) is 19.8 Å². The number of hydrogen-bond acceptors (Lipinski definition) is 2. The number of aliphatic hydroxyl groups is 1.